The molecule has 0 aromatic carbocycles. The molecule has 9 nitrogen and oxygen atoms in total. The molecule has 188 valence electrons. The fourth-order valence-corrected chi connectivity index (χ4v) is 6.45. The van der Waals surface area contributed by atoms with Gasteiger partial charge in [-0.3, -0.25) is 0 Å². The van der Waals surface area contributed by atoms with Crippen LogP contribution in [-0.2, 0) is 23.8 Å². The van der Waals surface area contributed by atoms with Crippen LogP contribution in [0.2, 0.25) is 0 Å². The van der Waals surface area contributed by atoms with E-state index in [4.69, 9.17) is 14.7 Å². The minimum Gasteiger partial charge on any atom is -0.611 e. The zero-order valence-corrected chi connectivity index (χ0v) is 19.7. The third kappa shape index (κ3) is 3.93. The predicted octanol–water partition coefficient (Wildman–Crippen LogP) is 1.97. The number of anilines is 3. The summed E-state index contributed by atoms with van der Waals surface area (Å²) in [5, 5.41) is 13.3. The van der Waals surface area contributed by atoms with E-state index in [1.807, 2.05) is 9.80 Å². The normalized spacial score (nSPS) is 24.7. The number of aliphatic hydroxyl groups excluding tert-OH is 1. The Kier molecular flexibility index (Phi) is 5.42. The number of halogens is 3. The number of ether oxygens (including phenoxy) is 1. The van der Waals surface area contributed by atoms with Crippen molar-refractivity contribution in [1.82, 2.24) is 15.0 Å². The van der Waals surface area contributed by atoms with Crippen molar-refractivity contribution in [2.45, 2.75) is 48.3 Å². The third-order valence-corrected chi connectivity index (χ3v) is 8.76. The molecule has 1 saturated carbocycles. The molecule has 2 fully saturated rings. The molecule has 0 radical (unpaired) electrons. The van der Waals surface area contributed by atoms with Gasteiger partial charge in [-0.05, 0) is 36.5 Å². The van der Waals surface area contributed by atoms with Crippen LogP contribution in [0, 0.1) is 0 Å². The Morgan fingerprint density at radius 2 is 2.11 bits per heavy atom. The lowest BCUT2D eigenvalue weighted by Gasteiger charge is -2.45. The molecule has 3 aliphatic heterocycles. The minimum atomic E-state index is -4.48. The van der Waals surface area contributed by atoms with Crippen molar-refractivity contribution in [3.63, 3.8) is 0 Å². The van der Waals surface area contributed by atoms with E-state index >= 15 is 0 Å². The molecule has 0 unspecified atom stereocenters. The van der Waals surface area contributed by atoms with Crippen LogP contribution in [-0.4, -0.2) is 74.8 Å². The molecule has 2 N–H and O–H groups in total. The van der Waals surface area contributed by atoms with Gasteiger partial charge in [0.15, 0.2) is 17.4 Å². The van der Waals surface area contributed by atoms with Gasteiger partial charge in [0.2, 0.25) is 10.8 Å². The molecular weight excluding hydrogens is 485 g/mol. The number of piperazine rings is 1. The summed E-state index contributed by atoms with van der Waals surface area (Å²) >= 11 is -1.18. The quantitative estimate of drug-likeness (QED) is 0.597. The van der Waals surface area contributed by atoms with Crippen molar-refractivity contribution in [2.24, 2.45) is 0 Å². The summed E-state index contributed by atoms with van der Waals surface area (Å²) in [7, 11) is 0. The molecule has 2 aromatic rings. The Labute approximate surface area is 202 Å². The summed E-state index contributed by atoms with van der Waals surface area (Å²) in [4.78, 5) is 18.2. The second kappa shape index (κ2) is 8.27. The van der Waals surface area contributed by atoms with Gasteiger partial charge in [0, 0.05) is 32.3 Å². The van der Waals surface area contributed by atoms with E-state index in [9.17, 15) is 22.8 Å². The van der Waals surface area contributed by atoms with Crippen LogP contribution in [0.5, 0.6) is 5.75 Å². The molecule has 2 aromatic heterocycles. The number of rotatable bonds is 4. The highest BCUT2D eigenvalue weighted by Crippen LogP contribution is 2.41. The van der Waals surface area contributed by atoms with Crippen LogP contribution in [0.3, 0.4) is 0 Å². The van der Waals surface area contributed by atoms with Crippen LogP contribution in [0.15, 0.2) is 17.2 Å². The van der Waals surface area contributed by atoms with Gasteiger partial charge in [-0.1, -0.05) is 0 Å². The molecule has 5 heterocycles. The average Bonchev–Trinajstić information content (AvgIpc) is 3.20. The van der Waals surface area contributed by atoms with Crippen molar-refractivity contribution in [3.8, 4) is 5.75 Å². The van der Waals surface area contributed by atoms with Crippen LogP contribution in [0.4, 0.5) is 30.8 Å². The Balaban J connectivity index is 1.25. The van der Waals surface area contributed by atoms with Crippen molar-refractivity contribution >= 4 is 28.8 Å². The molecule has 4 aliphatic rings. The van der Waals surface area contributed by atoms with E-state index in [0.29, 0.717) is 54.3 Å². The summed E-state index contributed by atoms with van der Waals surface area (Å²) in [6.07, 6.45) is -0.370. The molecule has 1 aliphatic carbocycles. The third-order valence-electron chi connectivity index (χ3n) is 7.30. The smallest absolute Gasteiger partial charge is 0.418 e. The number of aliphatic hydroxyl groups is 1. The number of alkyl halides is 3. The lowest BCUT2D eigenvalue weighted by atomic mass is 9.77. The van der Waals surface area contributed by atoms with E-state index in [2.05, 4.69) is 10.3 Å². The molecule has 2 atom stereocenters. The highest BCUT2D eigenvalue weighted by atomic mass is 32.2. The number of nitrogens with one attached hydrogen (secondary N) is 1. The summed E-state index contributed by atoms with van der Waals surface area (Å²) in [5.74, 6) is 2.10. The Morgan fingerprint density at radius 3 is 2.83 bits per heavy atom. The highest BCUT2D eigenvalue weighted by molar-refractivity contribution is 7.91. The first-order chi connectivity index (χ1) is 16.8. The largest absolute Gasteiger partial charge is 0.611 e. The predicted molar refractivity (Wildman–Crippen MR) is 122 cm³/mol. The maximum atomic E-state index is 13.1. The zero-order chi connectivity index (χ0) is 24.4. The number of aromatic nitrogens is 3. The monoisotopic (exact) mass is 510 g/mol. The molecule has 0 amide bonds. The molecule has 0 bridgehead atoms. The van der Waals surface area contributed by atoms with Gasteiger partial charge in [-0.15, -0.1) is 0 Å². The zero-order valence-electron chi connectivity index (χ0n) is 18.8. The maximum Gasteiger partial charge on any atom is 0.418 e. The molecule has 1 saturated heterocycles. The van der Waals surface area contributed by atoms with Gasteiger partial charge in [-0.2, -0.15) is 18.2 Å². The lowest BCUT2D eigenvalue weighted by Crippen LogP contribution is -2.58. The van der Waals surface area contributed by atoms with Crippen LogP contribution in [0.25, 0.3) is 0 Å². The molecule has 13 heteroatoms. The Hall–Kier alpha value is -2.51. The van der Waals surface area contributed by atoms with Crippen molar-refractivity contribution < 1.29 is 27.6 Å². The molecular formula is C22H25F3N6O3S. The van der Waals surface area contributed by atoms with Gasteiger partial charge in [-0.25, -0.2) is 9.97 Å². The van der Waals surface area contributed by atoms with Crippen LogP contribution in [0.1, 0.15) is 30.5 Å². The first-order valence-corrected chi connectivity index (χ1v) is 13.0. The van der Waals surface area contributed by atoms with E-state index in [1.54, 1.807) is 0 Å². The van der Waals surface area contributed by atoms with Crippen molar-refractivity contribution in [3.05, 3.63) is 23.5 Å². The van der Waals surface area contributed by atoms with E-state index in [1.165, 1.54) is 0 Å². The SMILES string of the molecule is [O-][S@+]1CCc2nc(N3CCN4c5ncc(C(F)(F)F)cc5OC[C@@H]4C3)nc(NC3(CO)CCC3)c21. The summed E-state index contributed by atoms with van der Waals surface area (Å²) in [6, 6.07) is 0.877. The number of nitrogens with zero attached hydrogens (tertiary/aromatic N) is 5. The van der Waals surface area contributed by atoms with E-state index in [-0.39, 0.29) is 25.0 Å². The first-order valence-electron chi connectivity index (χ1n) is 11.7. The lowest BCUT2D eigenvalue weighted by molar-refractivity contribution is -0.138. The van der Waals surface area contributed by atoms with E-state index in [0.717, 1.165) is 37.2 Å². The van der Waals surface area contributed by atoms with Gasteiger partial charge in [0.25, 0.3) is 0 Å². The van der Waals surface area contributed by atoms with Gasteiger partial charge in [0.1, 0.15) is 18.1 Å². The van der Waals surface area contributed by atoms with Gasteiger partial charge >= 0.3 is 6.18 Å². The number of hydrogen-bond acceptors (Lipinski definition) is 9. The van der Waals surface area contributed by atoms with E-state index < -0.39 is 28.5 Å². The van der Waals surface area contributed by atoms with Crippen molar-refractivity contribution in [2.75, 3.05) is 53.7 Å². The Bertz CT molecular complexity index is 1140. The number of fused-ring (bicyclic) bond motifs is 4. The number of aryl methyl sites for hydroxylation is 1. The standard InChI is InChI=1S/C22H25F3N6O3S/c23-22(24,25)13-8-16-19(26-9-13)31-6-5-30(10-14(31)11-34-16)20-27-15-2-7-35(33)17(15)18(28-20)29-21(12-32)3-1-4-21/h8-9,14,32H,1-7,10-12H2,(H,27,28,29)/t14-,35+/m0/s1. The van der Waals surface area contributed by atoms with Crippen molar-refractivity contribution in [1.29, 1.82) is 0 Å². The Morgan fingerprint density at radius 1 is 1.29 bits per heavy atom. The van der Waals surface area contributed by atoms with Gasteiger partial charge in [0.05, 0.1) is 23.8 Å². The second-order valence-electron chi connectivity index (χ2n) is 9.51. The highest BCUT2D eigenvalue weighted by Gasteiger charge is 2.42. The summed E-state index contributed by atoms with van der Waals surface area (Å²) in [5.41, 5.74) is -0.506. The number of pyridine rings is 1. The topological polar surface area (TPSA) is 110 Å². The second-order valence-corrected chi connectivity index (χ2v) is 11.0. The molecule has 6 rings (SSSR count). The van der Waals surface area contributed by atoms with Crippen LogP contribution >= 0.6 is 0 Å². The van der Waals surface area contributed by atoms with Crippen LogP contribution < -0.4 is 19.9 Å². The number of hydrogen-bond donors (Lipinski definition) is 2. The fraction of sp³-hybridized carbons (Fsp3) is 0.591. The average molecular weight is 511 g/mol. The fourth-order valence-electron chi connectivity index (χ4n) is 5.15. The minimum absolute atomic E-state index is 0.0195. The molecule has 35 heavy (non-hydrogen) atoms. The summed E-state index contributed by atoms with van der Waals surface area (Å²) < 4.78 is 57.5. The van der Waals surface area contributed by atoms with Gasteiger partial charge < -0.3 is 29.5 Å². The molecule has 0 spiro atoms. The summed E-state index contributed by atoms with van der Waals surface area (Å²) in [6.45, 7) is 1.78. The maximum absolute atomic E-state index is 13.1. The first kappa shape index (κ1) is 22.9.